The first-order valence-corrected chi connectivity index (χ1v) is 2.70. The van der Waals surface area contributed by atoms with E-state index >= 15 is 0 Å². The minimum Gasteiger partial charge on any atom is -0.480 e. The predicted molar refractivity (Wildman–Crippen MR) is 33.7 cm³/mol. The molecule has 0 aliphatic carbocycles. The Bertz CT molecular complexity index is 106. The lowest BCUT2D eigenvalue weighted by Crippen LogP contribution is -2.49. The number of aliphatic carboxylic acids is 1. The van der Waals surface area contributed by atoms with E-state index in [1.165, 1.54) is 0 Å². The molecule has 0 aromatic heterocycles. The van der Waals surface area contributed by atoms with E-state index in [9.17, 15) is 4.79 Å². The number of quaternary nitrogens is 1. The molecule has 0 fully saturated rings. The maximum atomic E-state index is 9.97. The molecule has 0 aliphatic rings. The third-order valence-corrected chi connectivity index (χ3v) is 0.705. The zero-order chi connectivity index (χ0) is 7.49. The van der Waals surface area contributed by atoms with Gasteiger partial charge in [-0.2, -0.15) is 5.43 Å². The van der Waals surface area contributed by atoms with Gasteiger partial charge in [-0.1, -0.05) is 0 Å². The number of nitrogens with zero attached hydrogens (tertiary/aromatic N) is 1. The van der Waals surface area contributed by atoms with Gasteiger partial charge in [-0.15, -0.1) is 0 Å². The Morgan fingerprint density at radius 3 is 2.11 bits per heavy atom. The SMILES string of the molecule is C[N+](C)(C)NCC(=O)O. The third-order valence-electron chi connectivity index (χ3n) is 0.705. The Hall–Kier alpha value is -0.610. The lowest BCUT2D eigenvalue weighted by molar-refractivity contribution is -0.914. The summed E-state index contributed by atoms with van der Waals surface area (Å²) in [4.78, 5) is 9.97. The van der Waals surface area contributed by atoms with Crippen LogP contribution in [0.4, 0.5) is 0 Å². The van der Waals surface area contributed by atoms with E-state index in [4.69, 9.17) is 5.11 Å². The molecule has 2 N–H and O–H groups in total. The number of hydrogen-bond acceptors (Lipinski definition) is 2. The fourth-order valence-corrected chi connectivity index (χ4v) is 0.305. The van der Waals surface area contributed by atoms with Crippen molar-refractivity contribution in [2.45, 2.75) is 0 Å². The van der Waals surface area contributed by atoms with E-state index in [1.807, 2.05) is 21.1 Å². The normalized spacial score (nSPS) is 11.4. The second-order valence-corrected chi connectivity index (χ2v) is 2.74. The van der Waals surface area contributed by atoms with E-state index in [2.05, 4.69) is 5.43 Å². The Kier molecular flexibility index (Phi) is 2.61. The largest absolute Gasteiger partial charge is 0.480 e. The maximum Gasteiger partial charge on any atom is 0.322 e. The van der Waals surface area contributed by atoms with Gasteiger partial charge in [0.1, 0.15) is 6.54 Å². The highest BCUT2D eigenvalue weighted by Crippen LogP contribution is 1.78. The van der Waals surface area contributed by atoms with Crippen molar-refractivity contribution in [2.75, 3.05) is 27.7 Å². The summed E-state index contributed by atoms with van der Waals surface area (Å²) in [7, 11) is 5.59. The third kappa shape index (κ3) is 7.39. The summed E-state index contributed by atoms with van der Waals surface area (Å²) < 4.78 is 0.465. The summed E-state index contributed by atoms with van der Waals surface area (Å²) in [5.74, 6) is -0.831. The fourth-order valence-electron chi connectivity index (χ4n) is 0.305. The zero-order valence-electron chi connectivity index (χ0n) is 6.01. The highest BCUT2D eigenvalue weighted by molar-refractivity contribution is 5.68. The Labute approximate surface area is 54.6 Å². The minimum atomic E-state index is -0.831. The van der Waals surface area contributed by atoms with Gasteiger partial charge in [0.15, 0.2) is 0 Å². The van der Waals surface area contributed by atoms with Crippen molar-refractivity contribution in [2.24, 2.45) is 0 Å². The lowest BCUT2D eigenvalue weighted by atomic mass is 10.7. The Morgan fingerprint density at radius 1 is 1.56 bits per heavy atom. The van der Waals surface area contributed by atoms with Gasteiger partial charge in [0, 0.05) is 0 Å². The number of carboxylic acid groups (broad SMARTS) is 1. The average Bonchev–Trinajstić information content (AvgIpc) is 1.59. The molecule has 0 heterocycles. The van der Waals surface area contributed by atoms with Crippen LogP contribution < -0.4 is 5.43 Å². The highest BCUT2D eigenvalue weighted by atomic mass is 16.4. The van der Waals surface area contributed by atoms with Gasteiger partial charge in [0.25, 0.3) is 0 Å². The van der Waals surface area contributed by atoms with Crippen LogP contribution in [0.1, 0.15) is 0 Å². The predicted octanol–water partition coefficient (Wildman–Crippen LogP) is -0.718. The molecular formula is C5H13N2O2+. The van der Waals surface area contributed by atoms with Crippen LogP contribution in [0.5, 0.6) is 0 Å². The van der Waals surface area contributed by atoms with E-state index in [0.717, 1.165) is 0 Å². The Morgan fingerprint density at radius 2 is 2.00 bits per heavy atom. The molecule has 0 aromatic rings. The second-order valence-electron chi connectivity index (χ2n) is 2.74. The van der Waals surface area contributed by atoms with Crippen LogP contribution in [0.15, 0.2) is 0 Å². The smallest absolute Gasteiger partial charge is 0.322 e. The molecule has 0 saturated carbocycles. The monoisotopic (exact) mass is 133 g/mol. The van der Waals surface area contributed by atoms with Crippen molar-refractivity contribution < 1.29 is 14.5 Å². The molecule has 54 valence electrons. The molecule has 4 nitrogen and oxygen atoms in total. The quantitative estimate of drug-likeness (QED) is 0.394. The summed E-state index contributed by atoms with van der Waals surface area (Å²) in [6.07, 6.45) is 0. The fraction of sp³-hybridized carbons (Fsp3) is 0.800. The van der Waals surface area contributed by atoms with Crippen molar-refractivity contribution in [3.05, 3.63) is 0 Å². The molecule has 0 amide bonds. The van der Waals surface area contributed by atoms with Gasteiger partial charge in [-0.05, 0) is 0 Å². The maximum absolute atomic E-state index is 9.97. The molecule has 0 saturated heterocycles. The van der Waals surface area contributed by atoms with Gasteiger partial charge >= 0.3 is 5.97 Å². The zero-order valence-corrected chi connectivity index (χ0v) is 6.01. The topological polar surface area (TPSA) is 49.3 Å². The molecule has 0 bridgehead atoms. The van der Waals surface area contributed by atoms with E-state index < -0.39 is 5.97 Å². The van der Waals surface area contributed by atoms with Crippen molar-refractivity contribution >= 4 is 5.97 Å². The molecule has 4 heteroatoms. The van der Waals surface area contributed by atoms with Gasteiger partial charge in [0.05, 0.1) is 21.1 Å². The molecule has 0 aromatic carbocycles. The molecular weight excluding hydrogens is 120 g/mol. The van der Waals surface area contributed by atoms with Gasteiger partial charge < -0.3 is 5.11 Å². The van der Waals surface area contributed by atoms with Crippen LogP contribution in [0.25, 0.3) is 0 Å². The van der Waals surface area contributed by atoms with Crippen LogP contribution >= 0.6 is 0 Å². The molecule has 0 radical (unpaired) electrons. The van der Waals surface area contributed by atoms with E-state index in [-0.39, 0.29) is 6.54 Å². The number of rotatable bonds is 3. The number of carbonyl (C=O) groups is 1. The van der Waals surface area contributed by atoms with Crippen LogP contribution in [0, 0.1) is 0 Å². The minimum absolute atomic E-state index is 0.00347. The Balaban J connectivity index is 3.39. The number of nitrogens with one attached hydrogen (secondary N) is 1. The van der Waals surface area contributed by atoms with E-state index in [1.54, 1.807) is 0 Å². The van der Waals surface area contributed by atoms with Crippen LogP contribution in [-0.2, 0) is 4.79 Å². The first-order chi connectivity index (χ1) is 3.92. The number of carboxylic acids is 1. The molecule has 9 heavy (non-hydrogen) atoms. The lowest BCUT2D eigenvalue weighted by Gasteiger charge is -2.22. The summed E-state index contributed by atoms with van der Waals surface area (Å²) >= 11 is 0. The molecule has 0 rings (SSSR count). The summed E-state index contributed by atoms with van der Waals surface area (Å²) in [5.41, 5.74) is 2.76. The molecule has 0 unspecified atom stereocenters. The summed E-state index contributed by atoms with van der Waals surface area (Å²) in [5, 5.41) is 8.20. The van der Waals surface area contributed by atoms with Gasteiger partial charge in [0.2, 0.25) is 0 Å². The molecule has 0 spiro atoms. The van der Waals surface area contributed by atoms with E-state index in [0.29, 0.717) is 4.59 Å². The van der Waals surface area contributed by atoms with Crippen LogP contribution in [0.2, 0.25) is 0 Å². The first kappa shape index (κ1) is 8.39. The molecule has 0 aliphatic heterocycles. The van der Waals surface area contributed by atoms with Crippen molar-refractivity contribution in [3.63, 3.8) is 0 Å². The second kappa shape index (κ2) is 2.80. The number of hydrogen-bond donors (Lipinski definition) is 2. The van der Waals surface area contributed by atoms with Gasteiger partial charge in [-0.3, -0.25) is 9.39 Å². The summed E-state index contributed by atoms with van der Waals surface area (Å²) in [6, 6.07) is 0. The van der Waals surface area contributed by atoms with Crippen LogP contribution in [0.3, 0.4) is 0 Å². The first-order valence-electron chi connectivity index (χ1n) is 2.70. The van der Waals surface area contributed by atoms with Crippen LogP contribution in [-0.4, -0.2) is 43.4 Å². The molecule has 0 atom stereocenters. The van der Waals surface area contributed by atoms with Crippen molar-refractivity contribution in [1.29, 1.82) is 0 Å². The highest BCUT2D eigenvalue weighted by Gasteiger charge is 2.07. The average molecular weight is 133 g/mol. The van der Waals surface area contributed by atoms with Gasteiger partial charge in [-0.25, -0.2) is 0 Å². The summed E-state index contributed by atoms with van der Waals surface area (Å²) in [6.45, 7) is 0.00347. The van der Waals surface area contributed by atoms with Crippen molar-refractivity contribution in [1.82, 2.24) is 5.43 Å². The standard InChI is InChI=1S/C5H12N2O2/c1-7(2,3)6-4-5(8)9/h6H,4H2,1-3H3/p+1. The van der Waals surface area contributed by atoms with Crippen molar-refractivity contribution in [3.8, 4) is 0 Å².